The topological polar surface area (TPSA) is 92.0 Å². The fraction of sp³-hybridized carbons (Fsp3) is 0.176. The molecule has 0 unspecified atom stereocenters. The standard InChI is InChI=1S/C17H17N3O2S/c18-15-14(7-8-21)16(22)20-17(19-15)23-10-11-5-6-12-3-1-2-4-13(12)9-11/h1-6,9,21H,7-8,10H2,(H3,18,19,20,22). The third-order valence-corrected chi connectivity index (χ3v) is 4.52. The molecule has 0 spiro atoms. The number of hydrogen-bond donors (Lipinski definition) is 3. The summed E-state index contributed by atoms with van der Waals surface area (Å²) in [6.45, 7) is -0.126. The second-order valence-electron chi connectivity index (χ2n) is 5.18. The molecular weight excluding hydrogens is 310 g/mol. The van der Waals surface area contributed by atoms with E-state index in [0.717, 1.165) is 5.56 Å². The van der Waals surface area contributed by atoms with Crippen molar-refractivity contribution in [3.63, 3.8) is 0 Å². The van der Waals surface area contributed by atoms with Gasteiger partial charge in [-0.2, -0.15) is 0 Å². The van der Waals surface area contributed by atoms with Crippen LogP contribution in [0.1, 0.15) is 11.1 Å². The summed E-state index contributed by atoms with van der Waals surface area (Å²) in [7, 11) is 0. The van der Waals surface area contributed by atoms with Gasteiger partial charge in [0, 0.05) is 18.8 Å². The van der Waals surface area contributed by atoms with E-state index in [0.29, 0.717) is 16.5 Å². The quantitative estimate of drug-likeness (QED) is 0.494. The Morgan fingerprint density at radius 3 is 2.70 bits per heavy atom. The second-order valence-corrected chi connectivity index (χ2v) is 6.14. The molecule has 0 radical (unpaired) electrons. The lowest BCUT2D eigenvalue weighted by atomic mass is 10.1. The molecule has 0 saturated carbocycles. The van der Waals surface area contributed by atoms with Gasteiger partial charge < -0.3 is 15.8 Å². The fourth-order valence-electron chi connectivity index (χ4n) is 2.40. The molecule has 0 fully saturated rings. The molecule has 0 amide bonds. The van der Waals surface area contributed by atoms with E-state index in [1.165, 1.54) is 22.5 Å². The molecule has 3 rings (SSSR count). The number of fused-ring (bicyclic) bond motifs is 1. The van der Waals surface area contributed by atoms with Crippen molar-refractivity contribution in [2.45, 2.75) is 17.3 Å². The van der Waals surface area contributed by atoms with Crippen molar-refractivity contribution >= 4 is 28.4 Å². The summed E-state index contributed by atoms with van der Waals surface area (Å²) in [5.41, 5.74) is 6.99. The number of aromatic amines is 1. The Labute approximate surface area is 137 Å². The molecule has 0 aliphatic carbocycles. The summed E-state index contributed by atoms with van der Waals surface area (Å²) < 4.78 is 0. The van der Waals surface area contributed by atoms with Gasteiger partial charge in [-0.15, -0.1) is 0 Å². The number of rotatable bonds is 5. The van der Waals surface area contributed by atoms with Gasteiger partial charge in [0.1, 0.15) is 5.82 Å². The van der Waals surface area contributed by atoms with Crippen molar-refractivity contribution in [2.24, 2.45) is 0 Å². The molecule has 0 atom stereocenters. The Hall–Kier alpha value is -2.31. The van der Waals surface area contributed by atoms with Crippen molar-refractivity contribution in [3.05, 3.63) is 63.9 Å². The highest BCUT2D eigenvalue weighted by molar-refractivity contribution is 7.98. The van der Waals surface area contributed by atoms with Crippen LogP contribution in [0, 0.1) is 0 Å². The van der Waals surface area contributed by atoms with Crippen LogP contribution in [0.15, 0.2) is 52.4 Å². The Bertz CT molecular complexity index is 892. The Morgan fingerprint density at radius 2 is 1.96 bits per heavy atom. The first kappa shape index (κ1) is 15.6. The number of nitrogens with one attached hydrogen (secondary N) is 1. The third-order valence-electron chi connectivity index (χ3n) is 3.58. The number of H-pyrrole nitrogens is 1. The van der Waals surface area contributed by atoms with Gasteiger partial charge in [0.2, 0.25) is 0 Å². The summed E-state index contributed by atoms with van der Waals surface area (Å²) in [5, 5.41) is 11.8. The number of nitrogens with two attached hydrogens (primary N) is 1. The van der Waals surface area contributed by atoms with E-state index in [-0.39, 0.29) is 24.4 Å². The van der Waals surface area contributed by atoms with Crippen molar-refractivity contribution < 1.29 is 5.11 Å². The van der Waals surface area contributed by atoms with Gasteiger partial charge in [0.15, 0.2) is 5.16 Å². The van der Waals surface area contributed by atoms with Crippen molar-refractivity contribution in [3.8, 4) is 0 Å². The number of aliphatic hydroxyl groups is 1. The summed E-state index contributed by atoms with van der Waals surface area (Å²) >= 11 is 1.43. The van der Waals surface area contributed by atoms with Crippen LogP contribution in [0.5, 0.6) is 0 Å². The zero-order valence-corrected chi connectivity index (χ0v) is 13.3. The summed E-state index contributed by atoms with van der Waals surface area (Å²) in [6.07, 6.45) is 0.212. The molecule has 2 aromatic carbocycles. The Kier molecular flexibility index (Phi) is 4.64. The highest BCUT2D eigenvalue weighted by atomic mass is 32.2. The van der Waals surface area contributed by atoms with Crippen LogP contribution in [-0.4, -0.2) is 21.7 Å². The molecule has 1 aromatic heterocycles. The minimum absolute atomic E-state index is 0.126. The lowest BCUT2D eigenvalue weighted by Crippen LogP contribution is -2.19. The predicted molar refractivity (Wildman–Crippen MR) is 93.6 cm³/mol. The fourth-order valence-corrected chi connectivity index (χ4v) is 3.21. The maximum Gasteiger partial charge on any atom is 0.256 e. The molecule has 3 aromatic rings. The smallest absolute Gasteiger partial charge is 0.256 e. The average Bonchev–Trinajstić information content (AvgIpc) is 2.56. The maximum atomic E-state index is 11.9. The zero-order valence-electron chi connectivity index (χ0n) is 12.5. The number of aromatic nitrogens is 2. The first-order valence-corrected chi connectivity index (χ1v) is 8.26. The molecule has 0 bridgehead atoms. The van der Waals surface area contributed by atoms with Crippen LogP contribution in [0.2, 0.25) is 0 Å². The van der Waals surface area contributed by atoms with E-state index in [1.807, 2.05) is 12.1 Å². The monoisotopic (exact) mass is 327 g/mol. The van der Waals surface area contributed by atoms with Gasteiger partial charge in [0.25, 0.3) is 5.56 Å². The molecular formula is C17H17N3O2S. The lowest BCUT2D eigenvalue weighted by Gasteiger charge is -2.06. The number of hydrogen-bond acceptors (Lipinski definition) is 5. The SMILES string of the molecule is Nc1nc(SCc2ccc3ccccc3c2)[nH]c(=O)c1CCO. The molecule has 1 heterocycles. The van der Waals surface area contributed by atoms with Crippen LogP contribution in [0.3, 0.4) is 0 Å². The highest BCUT2D eigenvalue weighted by Crippen LogP contribution is 2.23. The number of anilines is 1. The van der Waals surface area contributed by atoms with Gasteiger partial charge >= 0.3 is 0 Å². The van der Waals surface area contributed by atoms with E-state index in [1.54, 1.807) is 0 Å². The van der Waals surface area contributed by atoms with Gasteiger partial charge in [-0.1, -0.05) is 54.2 Å². The van der Waals surface area contributed by atoms with Crippen molar-refractivity contribution in [2.75, 3.05) is 12.3 Å². The van der Waals surface area contributed by atoms with Crippen molar-refractivity contribution in [1.29, 1.82) is 0 Å². The molecule has 23 heavy (non-hydrogen) atoms. The molecule has 4 N–H and O–H groups in total. The van der Waals surface area contributed by atoms with E-state index in [4.69, 9.17) is 10.8 Å². The largest absolute Gasteiger partial charge is 0.396 e. The van der Waals surface area contributed by atoms with Gasteiger partial charge in [-0.3, -0.25) is 4.79 Å². The zero-order chi connectivity index (χ0) is 16.2. The molecule has 0 aliphatic rings. The van der Waals surface area contributed by atoms with Crippen LogP contribution in [-0.2, 0) is 12.2 Å². The minimum atomic E-state index is -0.285. The lowest BCUT2D eigenvalue weighted by molar-refractivity contribution is 0.299. The second kappa shape index (κ2) is 6.85. The Morgan fingerprint density at radius 1 is 1.17 bits per heavy atom. The summed E-state index contributed by atoms with van der Waals surface area (Å²) in [5.74, 6) is 0.871. The van der Waals surface area contributed by atoms with Gasteiger partial charge in [-0.25, -0.2) is 4.98 Å². The molecule has 5 nitrogen and oxygen atoms in total. The van der Waals surface area contributed by atoms with Gasteiger partial charge in [0.05, 0.1) is 5.56 Å². The average molecular weight is 327 g/mol. The van der Waals surface area contributed by atoms with Crippen LogP contribution >= 0.6 is 11.8 Å². The normalized spacial score (nSPS) is 11.0. The minimum Gasteiger partial charge on any atom is -0.396 e. The van der Waals surface area contributed by atoms with E-state index >= 15 is 0 Å². The summed E-state index contributed by atoms with van der Waals surface area (Å²) in [6, 6.07) is 14.5. The molecule has 0 aliphatic heterocycles. The third kappa shape index (κ3) is 3.55. The number of nitrogen functional groups attached to an aromatic ring is 1. The maximum absolute atomic E-state index is 11.9. The van der Waals surface area contributed by atoms with Crippen LogP contribution in [0.25, 0.3) is 10.8 Å². The van der Waals surface area contributed by atoms with E-state index < -0.39 is 0 Å². The van der Waals surface area contributed by atoms with Gasteiger partial charge in [-0.05, 0) is 16.3 Å². The molecule has 6 heteroatoms. The van der Waals surface area contributed by atoms with Crippen LogP contribution in [0.4, 0.5) is 5.82 Å². The molecule has 0 saturated heterocycles. The Balaban J connectivity index is 1.78. The van der Waals surface area contributed by atoms with E-state index in [9.17, 15) is 4.79 Å². The number of thioether (sulfide) groups is 1. The summed E-state index contributed by atoms with van der Waals surface area (Å²) in [4.78, 5) is 18.9. The number of nitrogens with zero attached hydrogens (tertiary/aromatic N) is 1. The van der Waals surface area contributed by atoms with Crippen molar-refractivity contribution in [1.82, 2.24) is 9.97 Å². The molecule has 118 valence electrons. The van der Waals surface area contributed by atoms with E-state index in [2.05, 4.69) is 40.3 Å². The first-order valence-electron chi connectivity index (χ1n) is 7.27. The highest BCUT2D eigenvalue weighted by Gasteiger charge is 2.09. The number of aliphatic hydroxyl groups excluding tert-OH is 1. The number of benzene rings is 2. The van der Waals surface area contributed by atoms with Crippen LogP contribution < -0.4 is 11.3 Å². The first-order chi connectivity index (χ1) is 11.2. The predicted octanol–water partition coefficient (Wildman–Crippen LogP) is 2.33.